The third-order valence-corrected chi connectivity index (χ3v) is 6.71. The van der Waals surface area contributed by atoms with Crippen molar-refractivity contribution in [3.63, 3.8) is 0 Å². The molecule has 0 unspecified atom stereocenters. The second-order valence-corrected chi connectivity index (χ2v) is 11.5. The van der Waals surface area contributed by atoms with Crippen LogP contribution in [0.2, 0.25) is 0 Å². The van der Waals surface area contributed by atoms with Crippen molar-refractivity contribution >= 4 is 0 Å². The average molecular weight is 631 g/mol. The number of ether oxygens (including phenoxy) is 2. The molecule has 2 atom stereocenters. The standard InChI is InChI=1S/C31H28O4.2C3H7O.Ti/c1-29(2)34-27(30(32,23-15-7-3-8-16-23)24-17-9-4-10-18-24)28(35-29)31(33,25-19-11-5-12-20-25)26-21-13-6-14-22-26;2*1-3(2)4;/h3-22,27-28H,1-2H3;2*3H,1-2H3;/q-2;2*-1;+4/t27-,28-;;;/m1.../s1. The molecule has 0 aliphatic carbocycles. The molecule has 6 nitrogen and oxygen atoms in total. The van der Waals surface area contributed by atoms with E-state index in [-0.39, 0.29) is 21.7 Å². The van der Waals surface area contributed by atoms with Gasteiger partial charge in [0.15, 0.2) is 5.79 Å². The normalized spacial score (nSPS) is 17.5. The van der Waals surface area contributed by atoms with Gasteiger partial charge in [-0.3, -0.25) is 0 Å². The van der Waals surface area contributed by atoms with Crippen molar-refractivity contribution in [1.82, 2.24) is 0 Å². The summed E-state index contributed by atoms with van der Waals surface area (Å²) in [5, 5.41) is 49.4. The minimum absolute atomic E-state index is 0. The van der Waals surface area contributed by atoms with Gasteiger partial charge in [0, 0.05) is 0 Å². The molecule has 230 valence electrons. The first-order chi connectivity index (χ1) is 20.3. The fraction of sp³-hybridized carbons (Fsp3) is 0.351. The predicted octanol–water partition coefficient (Wildman–Crippen LogP) is 3.62. The van der Waals surface area contributed by atoms with Gasteiger partial charge in [0.25, 0.3) is 0 Å². The van der Waals surface area contributed by atoms with Crippen LogP contribution in [-0.4, -0.2) is 30.2 Å². The Bertz CT molecular complexity index is 1160. The Morgan fingerprint density at radius 3 is 0.864 bits per heavy atom. The van der Waals surface area contributed by atoms with E-state index in [0.29, 0.717) is 22.3 Å². The van der Waals surface area contributed by atoms with Crippen LogP contribution in [0.25, 0.3) is 0 Å². The topological polar surface area (TPSA) is 111 Å². The fourth-order valence-electron chi connectivity index (χ4n) is 5.09. The van der Waals surface area contributed by atoms with E-state index in [1.165, 1.54) is 0 Å². The van der Waals surface area contributed by atoms with Crippen molar-refractivity contribution in [2.75, 3.05) is 0 Å². The van der Waals surface area contributed by atoms with E-state index in [1.54, 1.807) is 90.1 Å². The molecule has 1 aliphatic heterocycles. The number of benzene rings is 4. The molecule has 1 fully saturated rings. The van der Waals surface area contributed by atoms with Crippen LogP contribution in [0.1, 0.15) is 63.8 Å². The molecule has 0 radical (unpaired) electrons. The van der Waals surface area contributed by atoms with Gasteiger partial charge in [-0.2, -0.15) is 0 Å². The Balaban J connectivity index is 0.000000672. The van der Waals surface area contributed by atoms with Crippen LogP contribution in [0.4, 0.5) is 0 Å². The Labute approximate surface area is 277 Å². The van der Waals surface area contributed by atoms with Crippen LogP contribution in [0.3, 0.4) is 0 Å². The smallest absolute Gasteiger partial charge is 0.852 e. The summed E-state index contributed by atoms with van der Waals surface area (Å²) >= 11 is 0. The Hall–Kier alpha value is -2.65. The molecular formula is C37H42O6Ti. The summed E-state index contributed by atoms with van der Waals surface area (Å²) in [6.45, 7) is 9.96. The Morgan fingerprint density at radius 2 is 0.682 bits per heavy atom. The molecule has 1 saturated heterocycles. The molecule has 44 heavy (non-hydrogen) atoms. The van der Waals surface area contributed by atoms with Gasteiger partial charge >= 0.3 is 21.7 Å². The van der Waals surface area contributed by atoms with Gasteiger partial charge in [0.1, 0.15) is 0 Å². The van der Waals surface area contributed by atoms with Crippen LogP contribution in [0, 0.1) is 0 Å². The van der Waals surface area contributed by atoms with Crippen LogP contribution in [0.5, 0.6) is 0 Å². The summed E-state index contributed by atoms with van der Waals surface area (Å²) in [6.07, 6.45) is -3.06. The van der Waals surface area contributed by atoms with E-state index in [0.717, 1.165) is 0 Å². The van der Waals surface area contributed by atoms with Crippen molar-refractivity contribution in [3.8, 4) is 0 Å². The van der Waals surface area contributed by atoms with E-state index in [4.69, 9.17) is 9.47 Å². The number of hydrogen-bond acceptors (Lipinski definition) is 6. The molecule has 0 spiro atoms. The van der Waals surface area contributed by atoms with E-state index in [2.05, 4.69) is 0 Å². The summed E-state index contributed by atoms with van der Waals surface area (Å²) in [7, 11) is 0. The molecule has 7 heteroatoms. The van der Waals surface area contributed by atoms with Crippen LogP contribution in [-0.2, 0) is 42.4 Å². The summed E-state index contributed by atoms with van der Waals surface area (Å²) in [5.74, 6) is -1.13. The maximum absolute atomic E-state index is 15.2. The van der Waals surface area contributed by atoms with Crippen molar-refractivity contribution < 1.29 is 51.6 Å². The molecule has 1 heterocycles. The molecule has 0 amide bonds. The zero-order valence-corrected chi connectivity index (χ0v) is 27.9. The molecule has 1 aliphatic rings. The van der Waals surface area contributed by atoms with Gasteiger partial charge in [-0.1, -0.05) is 171 Å². The quantitative estimate of drug-likeness (QED) is 0.301. The molecule has 0 N–H and O–H groups in total. The average Bonchev–Trinajstić information content (AvgIpc) is 3.33. The molecule has 5 rings (SSSR count). The first-order valence-corrected chi connectivity index (χ1v) is 14.6. The fourth-order valence-corrected chi connectivity index (χ4v) is 5.09. The van der Waals surface area contributed by atoms with Crippen molar-refractivity contribution in [1.29, 1.82) is 0 Å². The van der Waals surface area contributed by atoms with Gasteiger partial charge in [0.2, 0.25) is 0 Å². The molecule has 4 aromatic carbocycles. The van der Waals surface area contributed by atoms with Crippen LogP contribution < -0.4 is 20.4 Å². The Kier molecular flexibility index (Phi) is 14.2. The van der Waals surface area contributed by atoms with E-state index >= 15 is 10.2 Å². The van der Waals surface area contributed by atoms with E-state index < -0.39 is 41.4 Å². The second-order valence-electron chi connectivity index (χ2n) is 11.5. The van der Waals surface area contributed by atoms with Gasteiger partial charge < -0.3 is 29.9 Å². The van der Waals surface area contributed by atoms with Crippen molar-refractivity contribution in [3.05, 3.63) is 144 Å². The van der Waals surface area contributed by atoms with Gasteiger partial charge in [-0.15, -0.1) is 12.2 Å². The first kappa shape index (κ1) is 37.5. The molecular weight excluding hydrogens is 588 g/mol. The van der Waals surface area contributed by atoms with Crippen molar-refractivity contribution in [2.45, 2.75) is 82.9 Å². The van der Waals surface area contributed by atoms with Gasteiger partial charge in [-0.25, -0.2) is 0 Å². The zero-order valence-electron chi connectivity index (χ0n) is 26.3. The van der Waals surface area contributed by atoms with E-state index in [1.807, 2.05) is 72.8 Å². The summed E-state index contributed by atoms with van der Waals surface area (Å²) in [6, 6.07) is 36.5. The van der Waals surface area contributed by atoms with Gasteiger partial charge in [-0.05, 0) is 25.0 Å². The summed E-state index contributed by atoms with van der Waals surface area (Å²) < 4.78 is 12.8. The third-order valence-electron chi connectivity index (χ3n) is 6.71. The minimum atomic E-state index is -1.89. The number of rotatable bonds is 6. The summed E-state index contributed by atoms with van der Waals surface area (Å²) in [4.78, 5) is 0. The minimum Gasteiger partial charge on any atom is -0.852 e. The molecule has 0 aromatic heterocycles. The second kappa shape index (κ2) is 16.6. The largest absolute Gasteiger partial charge is 4.00 e. The first-order valence-electron chi connectivity index (χ1n) is 14.6. The zero-order chi connectivity index (χ0) is 31.7. The van der Waals surface area contributed by atoms with Crippen molar-refractivity contribution in [2.24, 2.45) is 0 Å². The van der Waals surface area contributed by atoms with E-state index in [9.17, 15) is 10.2 Å². The monoisotopic (exact) mass is 630 g/mol. The molecule has 4 aromatic rings. The van der Waals surface area contributed by atoms with Gasteiger partial charge in [0.05, 0.1) is 12.2 Å². The Morgan fingerprint density at radius 1 is 0.500 bits per heavy atom. The maximum atomic E-state index is 15.2. The van der Waals surface area contributed by atoms with Crippen LogP contribution in [0.15, 0.2) is 121 Å². The number of hydrogen-bond donors (Lipinski definition) is 0. The molecule has 0 bridgehead atoms. The maximum Gasteiger partial charge on any atom is 4.00 e. The summed E-state index contributed by atoms with van der Waals surface area (Å²) in [5.41, 5.74) is -1.70. The third kappa shape index (κ3) is 9.19. The predicted molar refractivity (Wildman–Crippen MR) is 161 cm³/mol. The van der Waals surface area contributed by atoms with Crippen LogP contribution >= 0.6 is 0 Å². The SMILES string of the molecule is CC(C)[O-].CC(C)[O-].CC1(C)O[C@@H](C([O-])(c2ccccc2)c2ccccc2)[C@H](C([O-])(c2ccccc2)c2ccccc2)O1.[Ti+4]. The molecule has 0 saturated carbocycles.